The quantitative estimate of drug-likeness (QED) is 0.842. The molecule has 0 radical (unpaired) electrons. The van der Waals surface area contributed by atoms with E-state index >= 15 is 0 Å². The lowest BCUT2D eigenvalue weighted by molar-refractivity contribution is -0.130. The van der Waals surface area contributed by atoms with Crippen LogP contribution in [0.15, 0.2) is 12.1 Å². The van der Waals surface area contributed by atoms with Crippen LogP contribution in [0.5, 0.6) is 5.75 Å². The van der Waals surface area contributed by atoms with Crippen LogP contribution in [0.25, 0.3) is 0 Å². The monoisotopic (exact) mass is 366 g/mol. The van der Waals surface area contributed by atoms with Gasteiger partial charge in [0.05, 0.1) is 16.6 Å². The fourth-order valence-corrected chi connectivity index (χ4v) is 2.98. The molecule has 122 valence electrons. The summed E-state index contributed by atoms with van der Waals surface area (Å²) < 4.78 is 10.8. The molecule has 1 atom stereocenters. The zero-order valence-electron chi connectivity index (χ0n) is 11.7. The van der Waals surface area contributed by atoms with Crippen LogP contribution in [0.1, 0.15) is 24.4 Å². The van der Waals surface area contributed by atoms with Crippen LogP contribution in [0.2, 0.25) is 10.0 Å². The first kappa shape index (κ1) is 17.6. The molecular weight excluding hydrogens is 351 g/mol. The van der Waals surface area contributed by atoms with Crippen LogP contribution in [0, 0.1) is 0 Å². The summed E-state index contributed by atoms with van der Waals surface area (Å²) in [5.74, 6) is 0.353. The first-order valence-electron chi connectivity index (χ1n) is 6.79. The van der Waals surface area contributed by atoms with E-state index in [1.165, 1.54) is 0 Å². The molecule has 1 amide bonds. The van der Waals surface area contributed by atoms with Gasteiger partial charge in [-0.15, -0.1) is 12.4 Å². The number of ether oxygens (including phenoxy) is 2. The highest BCUT2D eigenvalue weighted by molar-refractivity contribution is 6.43. The maximum atomic E-state index is 12.4. The normalized spacial score (nSPS) is 22.2. The van der Waals surface area contributed by atoms with Crippen molar-refractivity contribution in [2.24, 2.45) is 5.73 Å². The Bertz CT molecular complexity index is 577. The van der Waals surface area contributed by atoms with E-state index in [0.717, 1.165) is 5.56 Å². The third kappa shape index (κ3) is 3.14. The van der Waals surface area contributed by atoms with Gasteiger partial charge in [0, 0.05) is 18.8 Å². The Morgan fingerprint density at radius 2 is 2.00 bits per heavy atom. The summed E-state index contributed by atoms with van der Waals surface area (Å²) in [4.78, 5) is 12.4. The van der Waals surface area contributed by atoms with Crippen LogP contribution >= 0.6 is 35.6 Å². The van der Waals surface area contributed by atoms with Crippen molar-refractivity contribution in [3.63, 3.8) is 0 Å². The number of hydrogen-bond acceptors (Lipinski definition) is 4. The van der Waals surface area contributed by atoms with Crippen LogP contribution < -0.4 is 15.8 Å². The molecule has 2 aliphatic rings. The summed E-state index contributed by atoms with van der Waals surface area (Å²) in [6.07, 6.45) is 1.03. The number of rotatable bonds is 2. The molecular formula is C14H17Cl3N2O3. The summed E-state index contributed by atoms with van der Waals surface area (Å²) in [6.45, 7) is 1.33. The highest BCUT2D eigenvalue weighted by Gasteiger charge is 2.38. The Morgan fingerprint density at radius 1 is 1.32 bits per heavy atom. The van der Waals surface area contributed by atoms with E-state index in [4.69, 9.17) is 38.4 Å². The summed E-state index contributed by atoms with van der Waals surface area (Å²) in [5.41, 5.74) is 6.12. The molecule has 0 aromatic heterocycles. The molecule has 5 nitrogen and oxygen atoms in total. The third-order valence-electron chi connectivity index (χ3n) is 3.99. The van der Waals surface area contributed by atoms with Gasteiger partial charge in [-0.25, -0.2) is 0 Å². The van der Waals surface area contributed by atoms with Crippen LogP contribution in [0.3, 0.4) is 0 Å². The zero-order valence-corrected chi connectivity index (χ0v) is 14.1. The summed E-state index contributed by atoms with van der Waals surface area (Å²) in [7, 11) is 0. The van der Waals surface area contributed by atoms with Gasteiger partial charge < -0.3 is 20.5 Å². The second-order valence-corrected chi connectivity index (χ2v) is 6.17. The van der Waals surface area contributed by atoms with Gasteiger partial charge in [-0.1, -0.05) is 29.3 Å². The predicted octanol–water partition coefficient (Wildman–Crippen LogP) is 2.47. The van der Waals surface area contributed by atoms with Crippen LogP contribution in [0.4, 0.5) is 0 Å². The molecule has 3 rings (SSSR count). The van der Waals surface area contributed by atoms with Gasteiger partial charge in [-0.3, -0.25) is 4.79 Å². The number of nitrogens with one attached hydrogen (secondary N) is 1. The number of nitrogens with two attached hydrogens (primary N) is 1. The SMILES string of the molecule is Cl.NC1(C(=O)NC2COc3c2ccc(Cl)c3Cl)CCOCC1. The van der Waals surface area contributed by atoms with Crippen molar-refractivity contribution in [3.05, 3.63) is 27.7 Å². The summed E-state index contributed by atoms with van der Waals surface area (Å²) in [6, 6.07) is 3.25. The van der Waals surface area contributed by atoms with E-state index in [2.05, 4.69) is 5.32 Å². The molecule has 1 aromatic rings. The van der Waals surface area contributed by atoms with E-state index in [1.54, 1.807) is 6.07 Å². The van der Waals surface area contributed by atoms with Gasteiger partial charge in [0.2, 0.25) is 5.91 Å². The minimum atomic E-state index is -0.878. The van der Waals surface area contributed by atoms with Crippen molar-refractivity contribution >= 4 is 41.5 Å². The third-order valence-corrected chi connectivity index (χ3v) is 4.78. The molecule has 1 saturated heterocycles. The maximum absolute atomic E-state index is 12.4. The minimum Gasteiger partial charge on any atom is -0.489 e. The largest absolute Gasteiger partial charge is 0.489 e. The predicted molar refractivity (Wildman–Crippen MR) is 87.1 cm³/mol. The highest BCUT2D eigenvalue weighted by Crippen LogP contribution is 2.42. The second-order valence-electron chi connectivity index (χ2n) is 5.39. The van der Waals surface area contributed by atoms with Gasteiger partial charge >= 0.3 is 0 Å². The molecule has 2 heterocycles. The van der Waals surface area contributed by atoms with Gasteiger partial charge in [0.1, 0.15) is 17.4 Å². The maximum Gasteiger partial charge on any atom is 0.240 e. The van der Waals surface area contributed by atoms with E-state index in [1.807, 2.05) is 6.07 Å². The van der Waals surface area contributed by atoms with Gasteiger partial charge in [-0.2, -0.15) is 0 Å². The topological polar surface area (TPSA) is 73.6 Å². The van der Waals surface area contributed by atoms with Crippen molar-refractivity contribution in [3.8, 4) is 5.75 Å². The molecule has 22 heavy (non-hydrogen) atoms. The highest BCUT2D eigenvalue weighted by atomic mass is 35.5. The molecule has 1 fully saturated rings. The molecule has 2 aliphatic heterocycles. The molecule has 0 aliphatic carbocycles. The number of halogens is 3. The Hall–Kier alpha value is -0.720. The van der Waals surface area contributed by atoms with E-state index in [0.29, 0.717) is 48.5 Å². The molecule has 3 N–H and O–H groups in total. The number of fused-ring (bicyclic) bond motifs is 1. The van der Waals surface area contributed by atoms with E-state index < -0.39 is 5.54 Å². The van der Waals surface area contributed by atoms with Crippen LogP contribution in [-0.2, 0) is 9.53 Å². The molecule has 0 bridgehead atoms. The molecule has 0 saturated carbocycles. The fraction of sp³-hybridized carbons (Fsp3) is 0.500. The van der Waals surface area contributed by atoms with Crippen LogP contribution in [-0.4, -0.2) is 31.3 Å². The van der Waals surface area contributed by atoms with Crippen molar-refractivity contribution in [1.29, 1.82) is 0 Å². The number of carbonyl (C=O) groups is 1. The van der Waals surface area contributed by atoms with Crippen molar-refractivity contribution in [2.45, 2.75) is 24.4 Å². The smallest absolute Gasteiger partial charge is 0.240 e. The molecule has 0 spiro atoms. The molecule has 1 aromatic carbocycles. The van der Waals surface area contributed by atoms with Crippen molar-refractivity contribution < 1.29 is 14.3 Å². The average molecular weight is 368 g/mol. The van der Waals surface area contributed by atoms with Crippen molar-refractivity contribution in [2.75, 3.05) is 19.8 Å². The summed E-state index contributed by atoms with van der Waals surface area (Å²) >= 11 is 12.1. The zero-order chi connectivity index (χ0) is 15.0. The Balaban J connectivity index is 0.00000176. The molecule has 1 unspecified atom stereocenters. The number of amides is 1. The standard InChI is InChI=1S/C14H16Cl2N2O3.ClH/c15-9-2-1-8-10(7-21-12(8)11(9)16)18-13(19)14(17)3-5-20-6-4-14;/h1-2,10H,3-7,17H2,(H,18,19);1H. The summed E-state index contributed by atoms with van der Waals surface area (Å²) in [5, 5.41) is 3.75. The first-order valence-corrected chi connectivity index (χ1v) is 7.55. The van der Waals surface area contributed by atoms with E-state index in [-0.39, 0.29) is 24.4 Å². The lowest BCUT2D eigenvalue weighted by atomic mass is 9.90. The lowest BCUT2D eigenvalue weighted by Gasteiger charge is -2.32. The van der Waals surface area contributed by atoms with Crippen molar-refractivity contribution in [1.82, 2.24) is 5.32 Å². The van der Waals surface area contributed by atoms with Gasteiger partial charge in [0.25, 0.3) is 0 Å². The lowest BCUT2D eigenvalue weighted by Crippen LogP contribution is -2.57. The molecule has 8 heteroatoms. The van der Waals surface area contributed by atoms with Gasteiger partial charge in [-0.05, 0) is 18.9 Å². The van der Waals surface area contributed by atoms with E-state index in [9.17, 15) is 4.79 Å². The number of benzene rings is 1. The second kappa shape index (κ2) is 6.81. The Morgan fingerprint density at radius 3 is 2.68 bits per heavy atom. The fourth-order valence-electron chi connectivity index (χ4n) is 2.61. The number of hydrogen-bond donors (Lipinski definition) is 2. The van der Waals surface area contributed by atoms with Gasteiger partial charge in [0.15, 0.2) is 0 Å². The Kier molecular flexibility index (Phi) is 5.45. The first-order chi connectivity index (χ1) is 10.0. The average Bonchev–Trinajstić information content (AvgIpc) is 2.87. The minimum absolute atomic E-state index is 0. The Labute approximate surface area is 144 Å². The number of carbonyl (C=O) groups excluding carboxylic acids is 1.